The zero-order valence-electron chi connectivity index (χ0n) is 15.8. The Morgan fingerprint density at radius 2 is 1.50 bits per heavy atom. The van der Waals surface area contributed by atoms with Crippen molar-refractivity contribution in [2.24, 2.45) is 11.5 Å². The lowest BCUT2D eigenvalue weighted by Crippen LogP contribution is -2.18. The SMILES string of the molecule is COc1c(C(N)=O)ccc(NCCNc2ccc(C(N)O)c(OC)c2N)c1N. The lowest BCUT2D eigenvalue weighted by molar-refractivity contribution is 0.0997. The number of anilines is 4. The molecule has 0 fully saturated rings. The van der Waals surface area contributed by atoms with E-state index in [4.69, 9.17) is 32.4 Å². The number of rotatable bonds is 9. The Morgan fingerprint density at radius 3 is 1.96 bits per heavy atom. The van der Waals surface area contributed by atoms with Crippen LogP contribution >= 0.6 is 0 Å². The molecule has 0 saturated heterocycles. The summed E-state index contributed by atoms with van der Waals surface area (Å²) < 4.78 is 10.4. The Bertz CT molecular complexity index is 856. The third kappa shape index (κ3) is 4.30. The van der Waals surface area contributed by atoms with E-state index in [-0.39, 0.29) is 11.3 Å². The van der Waals surface area contributed by atoms with Crippen molar-refractivity contribution in [2.75, 3.05) is 49.4 Å². The summed E-state index contributed by atoms with van der Waals surface area (Å²) in [4.78, 5) is 11.4. The quantitative estimate of drug-likeness (QED) is 0.181. The fourth-order valence-electron chi connectivity index (χ4n) is 2.79. The molecule has 1 amide bonds. The number of carbonyl (C=O) groups excluding carboxylic acids is 1. The summed E-state index contributed by atoms with van der Waals surface area (Å²) in [5.74, 6) is -0.0633. The van der Waals surface area contributed by atoms with Gasteiger partial charge in [-0.2, -0.15) is 0 Å². The number of nitrogen functional groups attached to an aromatic ring is 2. The fraction of sp³-hybridized carbons (Fsp3) is 0.278. The van der Waals surface area contributed by atoms with Crippen molar-refractivity contribution in [3.8, 4) is 11.5 Å². The summed E-state index contributed by atoms with van der Waals surface area (Å²) in [7, 11) is 2.87. The Balaban J connectivity index is 2.05. The van der Waals surface area contributed by atoms with E-state index in [1.807, 2.05) is 0 Å². The standard InChI is InChI=1S/C18H26N6O4/c1-27-15-9(17(21)25)3-5-11(13(15)19)23-7-8-24-12-6-4-10(18(22)26)16(28-2)14(12)20/h3-6,17,23-25H,7-8,19-21H2,1-2H3,(H2,22,26). The number of nitrogens with one attached hydrogen (secondary N) is 2. The third-order valence-electron chi connectivity index (χ3n) is 4.17. The molecule has 0 aliphatic heterocycles. The molecular weight excluding hydrogens is 364 g/mol. The van der Waals surface area contributed by atoms with Crippen molar-refractivity contribution in [1.29, 1.82) is 0 Å². The fourth-order valence-corrected chi connectivity index (χ4v) is 2.79. The molecule has 1 unspecified atom stereocenters. The Morgan fingerprint density at radius 1 is 1.00 bits per heavy atom. The predicted octanol–water partition coefficient (Wildman–Crippen LogP) is 0.441. The Hall–Kier alpha value is -3.37. The van der Waals surface area contributed by atoms with Crippen LogP contribution < -0.4 is 43.0 Å². The molecule has 11 N–H and O–H groups in total. The first kappa shape index (κ1) is 20.9. The Kier molecular flexibility index (Phi) is 6.74. The molecule has 0 spiro atoms. The van der Waals surface area contributed by atoms with Crippen molar-refractivity contribution < 1.29 is 19.4 Å². The van der Waals surface area contributed by atoms with Crippen LogP contribution in [0.1, 0.15) is 22.1 Å². The van der Waals surface area contributed by atoms with E-state index in [0.29, 0.717) is 47.2 Å². The largest absolute Gasteiger partial charge is 0.494 e. The van der Waals surface area contributed by atoms with Crippen LogP contribution in [0.2, 0.25) is 0 Å². The van der Waals surface area contributed by atoms with E-state index in [0.717, 1.165) is 0 Å². The van der Waals surface area contributed by atoms with Crippen LogP contribution in [0.15, 0.2) is 24.3 Å². The summed E-state index contributed by atoms with van der Waals surface area (Å²) in [6.45, 7) is 0.990. The van der Waals surface area contributed by atoms with Gasteiger partial charge in [0.1, 0.15) is 6.23 Å². The van der Waals surface area contributed by atoms with Gasteiger partial charge in [-0.1, -0.05) is 0 Å². The van der Waals surface area contributed by atoms with Gasteiger partial charge in [0.2, 0.25) is 0 Å². The topological polar surface area (TPSA) is 184 Å². The van der Waals surface area contributed by atoms with Crippen LogP contribution in [0.25, 0.3) is 0 Å². The number of ether oxygens (including phenoxy) is 2. The summed E-state index contributed by atoms with van der Waals surface area (Å²) in [6.07, 6.45) is -1.19. The first-order valence-electron chi connectivity index (χ1n) is 8.45. The zero-order valence-corrected chi connectivity index (χ0v) is 15.8. The number of primary amides is 1. The highest BCUT2D eigenvalue weighted by molar-refractivity contribution is 5.99. The zero-order chi connectivity index (χ0) is 20.8. The number of carbonyl (C=O) groups is 1. The van der Waals surface area contributed by atoms with E-state index < -0.39 is 12.1 Å². The molecule has 0 saturated carbocycles. The number of amides is 1. The highest BCUT2D eigenvalue weighted by Gasteiger charge is 2.16. The van der Waals surface area contributed by atoms with Crippen LogP contribution in [0.4, 0.5) is 22.7 Å². The third-order valence-corrected chi connectivity index (χ3v) is 4.17. The molecule has 0 radical (unpaired) electrons. The van der Waals surface area contributed by atoms with Crippen LogP contribution in [0.5, 0.6) is 11.5 Å². The van der Waals surface area contributed by atoms with Crippen molar-refractivity contribution in [1.82, 2.24) is 0 Å². The average Bonchev–Trinajstić information content (AvgIpc) is 2.66. The average molecular weight is 390 g/mol. The molecule has 1 atom stereocenters. The minimum atomic E-state index is -1.19. The highest BCUT2D eigenvalue weighted by Crippen LogP contribution is 2.35. The maximum atomic E-state index is 11.4. The molecule has 28 heavy (non-hydrogen) atoms. The number of aliphatic hydroxyl groups is 1. The number of hydrogen-bond acceptors (Lipinski definition) is 9. The van der Waals surface area contributed by atoms with Gasteiger partial charge in [0.15, 0.2) is 11.5 Å². The minimum absolute atomic E-state index is 0.214. The van der Waals surface area contributed by atoms with Gasteiger partial charge in [0.25, 0.3) is 5.91 Å². The smallest absolute Gasteiger partial charge is 0.252 e. The van der Waals surface area contributed by atoms with Gasteiger partial charge in [0, 0.05) is 18.7 Å². The molecule has 10 heteroatoms. The molecule has 0 aromatic heterocycles. The molecule has 152 valence electrons. The van der Waals surface area contributed by atoms with Gasteiger partial charge < -0.3 is 48.1 Å². The number of nitrogens with two attached hydrogens (primary N) is 4. The second kappa shape index (κ2) is 9.02. The molecule has 0 aliphatic carbocycles. The molecular formula is C18H26N6O4. The minimum Gasteiger partial charge on any atom is -0.494 e. The molecule has 2 aromatic carbocycles. The normalized spacial score (nSPS) is 11.6. The predicted molar refractivity (Wildman–Crippen MR) is 109 cm³/mol. The van der Waals surface area contributed by atoms with E-state index >= 15 is 0 Å². The Labute approximate surface area is 162 Å². The van der Waals surface area contributed by atoms with Gasteiger partial charge in [-0.15, -0.1) is 0 Å². The maximum absolute atomic E-state index is 11.4. The van der Waals surface area contributed by atoms with Crippen molar-refractivity contribution >= 4 is 28.7 Å². The summed E-state index contributed by atoms with van der Waals surface area (Å²) in [5.41, 5.74) is 25.4. The van der Waals surface area contributed by atoms with Crippen LogP contribution in [-0.4, -0.2) is 38.3 Å². The maximum Gasteiger partial charge on any atom is 0.252 e. The summed E-state index contributed by atoms with van der Waals surface area (Å²) >= 11 is 0. The van der Waals surface area contributed by atoms with E-state index in [2.05, 4.69) is 10.6 Å². The molecule has 0 aliphatic rings. The van der Waals surface area contributed by atoms with Crippen molar-refractivity contribution in [2.45, 2.75) is 6.23 Å². The number of hydrogen-bond donors (Lipinski definition) is 7. The van der Waals surface area contributed by atoms with E-state index in [1.165, 1.54) is 14.2 Å². The molecule has 10 nitrogen and oxygen atoms in total. The molecule has 2 aromatic rings. The van der Waals surface area contributed by atoms with Crippen molar-refractivity contribution in [3.05, 3.63) is 35.4 Å². The second-order valence-corrected chi connectivity index (χ2v) is 5.92. The van der Waals surface area contributed by atoms with Crippen LogP contribution in [0, 0.1) is 0 Å². The van der Waals surface area contributed by atoms with Gasteiger partial charge in [-0.05, 0) is 24.3 Å². The number of benzene rings is 2. The lowest BCUT2D eigenvalue weighted by Gasteiger charge is -2.18. The second-order valence-electron chi connectivity index (χ2n) is 5.92. The molecule has 2 rings (SSSR count). The lowest BCUT2D eigenvalue weighted by atomic mass is 10.1. The summed E-state index contributed by atoms with van der Waals surface area (Å²) in [6, 6.07) is 6.56. The van der Waals surface area contributed by atoms with Crippen LogP contribution in [0.3, 0.4) is 0 Å². The number of methoxy groups -OCH3 is 2. The monoisotopic (exact) mass is 390 g/mol. The molecule has 0 bridgehead atoms. The molecule has 0 heterocycles. The van der Waals surface area contributed by atoms with Gasteiger partial charge in [-0.25, -0.2) is 0 Å². The summed E-state index contributed by atoms with van der Waals surface area (Å²) in [5, 5.41) is 15.9. The first-order chi connectivity index (χ1) is 13.3. The van der Waals surface area contributed by atoms with E-state index in [1.54, 1.807) is 24.3 Å². The van der Waals surface area contributed by atoms with Crippen LogP contribution in [-0.2, 0) is 0 Å². The highest BCUT2D eigenvalue weighted by atomic mass is 16.5. The van der Waals surface area contributed by atoms with Gasteiger partial charge >= 0.3 is 0 Å². The van der Waals surface area contributed by atoms with E-state index in [9.17, 15) is 9.90 Å². The number of aliphatic hydroxyl groups excluding tert-OH is 1. The first-order valence-corrected chi connectivity index (χ1v) is 8.45. The van der Waals surface area contributed by atoms with Crippen molar-refractivity contribution in [3.63, 3.8) is 0 Å². The van der Waals surface area contributed by atoms with Gasteiger partial charge in [0.05, 0.1) is 42.5 Å². The van der Waals surface area contributed by atoms with Gasteiger partial charge in [-0.3, -0.25) is 4.79 Å².